The number of halogens is 1. The molecule has 1 aromatic carbocycles. The summed E-state index contributed by atoms with van der Waals surface area (Å²) in [6.07, 6.45) is 1.88. The maximum Gasteiger partial charge on any atom is 0.227 e. The first kappa shape index (κ1) is 18.6. The molecule has 1 aromatic heterocycles. The third-order valence-corrected chi connectivity index (χ3v) is 5.13. The zero-order valence-corrected chi connectivity index (χ0v) is 15.6. The van der Waals surface area contributed by atoms with Crippen molar-refractivity contribution in [1.82, 2.24) is 19.6 Å². The van der Waals surface area contributed by atoms with Gasteiger partial charge in [-0.2, -0.15) is 5.10 Å². The van der Waals surface area contributed by atoms with Gasteiger partial charge < -0.3 is 9.80 Å². The van der Waals surface area contributed by atoms with Crippen LogP contribution in [-0.4, -0.2) is 51.7 Å². The molecule has 1 amide bonds. The number of amides is 1. The van der Waals surface area contributed by atoms with Gasteiger partial charge in [0.25, 0.3) is 0 Å². The van der Waals surface area contributed by atoms with Crippen molar-refractivity contribution in [3.8, 4) is 0 Å². The van der Waals surface area contributed by atoms with Crippen molar-refractivity contribution in [1.29, 1.82) is 0 Å². The fraction of sp³-hybridized carbons (Fsp3) is 0.500. The monoisotopic (exact) mass is 358 g/mol. The maximum absolute atomic E-state index is 13.9. The van der Waals surface area contributed by atoms with Crippen LogP contribution < -0.4 is 0 Å². The van der Waals surface area contributed by atoms with Crippen molar-refractivity contribution < 1.29 is 9.18 Å². The average Bonchev–Trinajstić information content (AvgIpc) is 2.99. The minimum absolute atomic E-state index is 0.0331. The van der Waals surface area contributed by atoms with Crippen LogP contribution in [0.5, 0.6) is 0 Å². The predicted molar refractivity (Wildman–Crippen MR) is 99.0 cm³/mol. The van der Waals surface area contributed by atoms with Crippen LogP contribution in [0.15, 0.2) is 36.5 Å². The van der Waals surface area contributed by atoms with Crippen LogP contribution in [0.1, 0.15) is 25.1 Å². The Morgan fingerprint density at radius 1 is 1.23 bits per heavy atom. The number of nitrogens with zero attached hydrogens (tertiary/aromatic N) is 4. The van der Waals surface area contributed by atoms with Crippen molar-refractivity contribution >= 4 is 5.91 Å². The topological polar surface area (TPSA) is 41.4 Å². The molecule has 0 saturated carbocycles. The van der Waals surface area contributed by atoms with Gasteiger partial charge in [-0.1, -0.05) is 32.0 Å². The van der Waals surface area contributed by atoms with E-state index >= 15 is 0 Å². The van der Waals surface area contributed by atoms with Crippen LogP contribution in [-0.2, 0) is 24.3 Å². The fourth-order valence-electron chi connectivity index (χ4n) is 3.60. The molecule has 140 valence electrons. The molecular weight excluding hydrogens is 331 g/mol. The zero-order chi connectivity index (χ0) is 18.5. The minimum Gasteiger partial charge on any atom is -0.336 e. The van der Waals surface area contributed by atoms with E-state index in [-0.39, 0.29) is 18.1 Å². The van der Waals surface area contributed by atoms with E-state index in [1.54, 1.807) is 24.4 Å². The van der Waals surface area contributed by atoms with Crippen LogP contribution in [0.2, 0.25) is 0 Å². The first-order valence-electron chi connectivity index (χ1n) is 9.34. The van der Waals surface area contributed by atoms with Gasteiger partial charge in [-0.05, 0) is 30.8 Å². The third kappa shape index (κ3) is 4.30. The average molecular weight is 358 g/mol. The number of hydrogen-bond acceptors (Lipinski definition) is 3. The second kappa shape index (κ2) is 8.45. The minimum atomic E-state index is -0.319. The summed E-state index contributed by atoms with van der Waals surface area (Å²) in [5.74, 6) is -0.0460. The van der Waals surface area contributed by atoms with Gasteiger partial charge in [0, 0.05) is 31.7 Å². The lowest BCUT2D eigenvalue weighted by molar-refractivity contribution is -0.131. The van der Waals surface area contributed by atoms with E-state index in [1.807, 2.05) is 15.6 Å². The Balaban J connectivity index is 1.77. The molecule has 3 rings (SSSR count). The zero-order valence-electron chi connectivity index (χ0n) is 15.6. The highest BCUT2D eigenvalue weighted by atomic mass is 19.1. The quantitative estimate of drug-likeness (QED) is 0.797. The van der Waals surface area contributed by atoms with Gasteiger partial charge >= 0.3 is 0 Å². The second-order valence-corrected chi connectivity index (χ2v) is 6.90. The summed E-state index contributed by atoms with van der Waals surface area (Å²) < 4.78 is 15.9. The summed E-state index contributed by atoms with van der Waals surface area (Å²) in [6, 6.07) is 8.47. The van der Waals surface area contributed by atoms with Crippen molar-refractivity contribution in [2.24, 2.45) is 5.92 Å². The number of hydrogen-bond donors (Lipinski definition) is 0. The van der Waals surface area contributed by atoms with E-state index in [0.717, 1.165) is 31.9 Å². The highest BCUT2D eigenvalue weighted by Crippen LogP contribution is 2.19. The normalized spacial score (nSPS) is 17.2. The van der Waals surface area contributed by atoms with Crippen LogP contribution in [0, 0.1) is 11.7 Å². The molecule has 26 heavy (non-hydrogen) atoms. The maximum atomic E-state index is 13.9. The van der Waals surface area contributed by atoms with E-state index < -0.39 is 0 Å². The van der Waals surface area contributed by atoms with Gasteiger partial charge in [-0.15, -0.1) is 0 Å². The van der Waals surface area contributed by atoms with Gasteiger partial charge in [0.15, 0.2) is 0 Å². The summed E-state index contributed by atoms with van der Waals surface area (Å²) in [5.41, 5.74) is 1.49. The molecule has 1 aliphatic heterocycles. The molecule has 0 saturated heterocycles. The van der Waals surface area contributed by atoms with Crippen LogP contribution in [0.4, 0.5) is 4.39 Å². The molecule has 1 atom stereocenters. The van der Waals surface area contributed by atoms with Gasteiger partial charge in [-0.3, -0.25) is 9.48 Å². The highest BCUT2D eigenvalue weighted by Gasteiger charge is 2.26. The first-order chi connectivity index (χ1) is 12.6. The summed E-state index contributed by atoms with van der Waals surface area (Å²) in [5, 5.41) is 4.42. The number of aromatic nitrogens is 2. The van der Waals surface area contributed by atoms with Gasteiger partial charge in [-0.25, -0.2) is 4.39 Å². The molecule has 0 N–H and O–H groups in total. The summed E-state index contributed by atoms with van der Waals surface area (Å²) in [7, 11) is 0. The highest BCUT2D eigenvalue weighted by molar-refractivity contribution is 5.78. The molecule has 0 aliphatic carbocycles. The Kier molecular flexibility index (Phi) is 6.04. The van der Waals surface area contributed by atoms with Gasteiger partial charge in [0.2, 0.25) is 5.91 Å². The van der Waals surface area contributed by atoms with E-state index in [2.05, 4.69) is 23.8 Å². The van der Waals surface area contributed by atoms with Crippen molar-refractivity contribution in [2.75, 3.05) is 26.2 Å². The Labute approximate surface area is 154 Å². The standard InChI is InChI=1S/C20H27FN4O/c1-3-23(4-2)12-16-13-24(15-18-9-10-22-25(18)14-16)20(26)11-17-7-5-6-8-19(17)21/h5-10,16H,3-4,11-15H2,1-2H3/t16-/m0/s1. The molecular formula is C20H27FN4O. The smallest absolute Gasteiger partial charge is 0.227 e. The van der Waals surface area contributed by atoms with Crippen molar-refractivity contribution in [3.05, 3.63) is 53.6 Å². The molecule has 0 spiro atoms. The Morgan fingerprint density at radius 2 is 2.00 bits per heavy atom. The number of fused-ring (bicyclic) bond motifs is 1. The molecule has 6 heteroatoms. The lowest BCUT2D eigenvalue weighted by Crippen LogP contribution is -2.39. The van der Waals surface area contributed by atoms with Crippen molar-refractivity contribution in [2.45, 2.75) is 33.4 Å². The van der Waals surface area contributed by atoms with Gasteiger partial charge in [0.1, 0.15) is 5.82 Å². The SMILES string of the molecule is CCN(CC)C[C@H]1CN(C(=O)Cc2ccccc2F)Cc2ccnn2C1. The largest absolute Gasteiger partial charge is 0.336 e. The lowest BCUT2D eigenvalue weighted by Gasteiger charge is -2.28. The molecule has 1 aliphatic rings. The molecule has 0 bridgehead atoms. The van der Waals surface area contributed by atoms with Crippen LogP contribution in [0.25, 0.3) is 0 Å². The van der Waals surface area contributed by atoms with Crippen LogP contribution in [0.3, 0.4) is 0 Å². The molecule has 5 nitrogen and oxygen atoms in total. The van der Waals surface area contributed by atoms with E-state index in [0.29, 0.717) is 24.6 Å². The van der Waals surface area contributed by atoms with E-state index in [4.69, 9.17) is 0 Å². The predicted octanol–water partition coefficient (Wildman–Crippen LogP) is 2.57. The third-order valence-electron chi connectivity index (χ3n) is 5.13. The molecule has 2 heterocycles. The summed E-state index contributed by atoms with van der Waals surface area (Å²) in [4.78, 5) is 17.1. The second-order valence-electron chi connectivity index (χ2n) is 6.90. The Bertz CT molecular complexity index is 741. The van der Waals surface area contributed by atoms with Gasteiger partial charge in [0.05, 0.1) is 18.7 Å². The number of benzene rings is 1. The Morgan fingerprint density at radius 3 is 2.73 bits per heavy atom. The van der Waals surface area contributed by atoms with E-state index in [1.165, 1.54) is 6.07 Å². The van der Waals surface area contributed by atoms with E-state index in [9.17, 15) is 9.18 Å². The number of carbonyl (C=O) groups excluding carboxylic acids is 1. The van der Waals surface area contributed by atoms with Crippen molar-refractivity contribution in [3.63, 3.8) is 0 Å². The molecule has 2 aromatic rings. The number of rotatable bonds is 6. The summed E-state index contributed by atoms with van der Waals surface area (Å²) >= 11 is 0. The number of carbonyl (C=O) groups is 1. The molecule has 0 fully saturated rings. The Hall–Kier alpha value is -2.21. The molecule has 0 unspecified atom stereocenters. The lowest BCUT2D eigenvalue weighted by atomic mass is 10.1. The summed E-state index contributed by atoms with van der Waals surface area (Å²) in [6.45, 7) is 9.22. The molecule has 0 radical (unpaired) electrons. The fourth-order valence-corrected chi connectivity index (χ4v) is 3.60. The van der Waals surface area contributed by atoms with Crippen LogP contribution >= 0.6 is 0 Å². The first-order valence-corrected chi connectivity index (χ1v) is 9.34.